The first-order chi connectivity index (χ1) is 5.61. The number of hydrogen-bond donors (Lipinski definition) is 3. The fraction of sp³-hybridized carbons (Fsp3) is 0.125. The van der Waals surface area contributed by atoms with Crippen LogP contribution in [0, 0.1) is 0 Å². The van der Waals surface area contributed by atoms with Gasteiger partial charge in [-0.2, -0.15) is 0 Å². The maximum absolute atomic E-state index is 10.3. The first-order valence-corrected chi connectivity index (χ1v) is 3.31. The van der Waals surface area contributed by atoms with E-state index in [1.54, 1.807) is 0 Å². The number of aliphatic hydroxyl groups excluding tert-OH is 1. The number of phenols is 1. The fourth-order valence-electron chi connectivity index (χ4n) is 0.799. The van der Waals surface area contributed by atoms with Crippen LogP contribution in [0.15, 0.2) is 24.3 Å². The van der Waals surface area contributed by atoms with Gasteiger partial charge in [0.05, 0.1) is 0 Å². The average Bonchev–Trinajstić information content (AvgIpc) is 2.04. The molecule has 68 valence electrons. The van der Waals surface area contributed by atoms with Crippen molar-refractivity contribution in [2.24, 2.45) is 0 Å². The average molecular weight is 216 g/mol. The zero-order valence-corrected chi connectivity index (χ0v) is 6.14. The summed E-state index contributed by atoms with van der Waals surface area (Å²) in [6.07, 6.45) is -1.52. The summed E-state index contributed by atoms with van der Waals surface area (Å²) in [5, 5.41) is 26.2. The first-order valence-electron chi connectivity index (χ1n) is 3.31. The summed E-state index contributed by atoms with van der Waals surface area (Å²) in [6, 6.07) is 5.35. The minimum atomic E-state index is -1.52. The predicted octanol–water partition coefficient (Wildman–Crippen LogP) is -0.787. The second-order valence-electron chi connectivity index (χ2n) is 2.33. The number of rotatable bonds is 2. The van der Waals surface area contributed by atoms with Gasteiger partial charge in [0, 0.05) is 0 Å². The Hall–Kier alpha value is 0.450. The number of carboxylic acid groups (broad SMARTS) is 1. The van der Waals surface area contributed by atoms with Crippen molar-refractivity contribution in [2.75, 3.05) is 0 Å². The molecule has 0 radical (unpaired) electrons. The molecule has 0 bridgehead atoms. The molecular weight excluding hydrogens is 206 g/mol. The molecule has 3 N–H and O–H groups in total. The van der Waals surface area contributed by atoms with E-state index in [-0.39, 0.29) is 70.4 Å². The molecule has 4 nitrogen and oxygen atoms in total. The number of carbonyl (C=O) groups is 1. The van der Waals surface area contributed by atoms with Gasteiger partial charge in [0.2, 0.25) is 0 Å². The summed E-state index contributed by atoms with van der Waals surface area (Å²) in [7, 11) is 0. The van der Waals surface area contributed by atoms with Gasteiger partial charge in [0.1, 0.15) is 5.75 Å². The van der Waals surface area contributed by atoms with Crippen molar-refractivity contribution in [2.45, 2.75) is 6.10 Å². The van der Waals surface area contributed by atoms with Crippen molar-refractivity contribution in [1.29, 1.82) is 0 Å². The molecule has 1 aromatic rings. The first kappa shape index (κ1) is 16.9. The molecule has 0 spiro atoms. The normalized spacial score (nSPS) is 10.6. The molecule has 14 heavy (non-hydrogen) atoms. The number of benzene rings is 1. The van der Waals surface area contributed by atoms with E-state index < -0.39 is 12.1 Å². The van der Waals surface area contributed by atoms with Crippen LogP contribution in [0.25, 0.3) is 0 Å². The Morgan fingerprint density at radius 3 is 1.93 bits per heavy atom. The minimum absolute atomic E-state index is 0. The van der Waals surface area contributed by atoms with Crippen LogP contribution in [0.1, 0.15) is 11.7 Å². The van der Waals surface area contributed by atoms with Crippen molar-refractivity contribution >= 4 is 65.1 Å². The third-order valence-corrected chi connectivity index (χ3v) is 1.44. The molecule has 0 heterocycles. The van der Waals surface area contributed by atoms with Crippen LogP contribution in [-0.4, -0.2) is 80.4 Å². The van der Waals surface area contributed by atoms with Gasteiger partial charge in [-0.05, 0) is 17.7 Å². The Bertz CT molecular complexity index is 286. The van der Waals surface area contributed by atoms with E-state index in [0.29, 0.717) is 0 Å². The van der Waals surface area contributed by atoms with E-state index in [9.17, 15) is 4.79 Å². The molecule has 0 saturated carbocycles. The second-order valence-corrected chi connectivity index (χ2v) is 2.33. The van der Waals surface area contributed by atoms with Crippen LogP contribution in [0.2, 0.25) is 0 Å². The molecule has 0 aromatic heterocycles. The number of aliphatic carboxylic acids is 1. The van der Waals surface area contributed by atoms with Gasteiger partial charge in [0.15, 0.2) is 6.10 Å². The summed E-state index contributed by atoms with van der Waals surface area (Å²) >= 11 is 0. The van der Waals surface area contributed by atoms with Gasteiger partial charge in [-0.3, -0.25) is 0 Å². The molecular formula is C8H10Na2O4. The Morgan fingerprint density at radius 2 is 1.57 bits per heavy atom. The van der Waals surface area contributed by atoms with Crippen molar-refractivity contribution < 1.29 is 20.1 Å². The summed E-state index contributed by atoms with van der Waals surface area (Å²) in [5.41, 5.74) is 0.250. The summed E-state index contributed by atoms with van der Waals surface area (Å²) in [4.78, 5) is 10.3. The van der Waals surface area contributed by atoms with E-state index in [1.165, 1.54) is 24.3 Å². The summed E-state index contributed by atoms with van der Waals surface area (Å²) in [6.45, 7) is 0. The van der Waals surface area contributed by atoms with Gasteiger partial charge in [-0.25, -0.2) is 4.79 Å². The molecule has 0 aliphatic rings. The Morgan fingerprint density at radius 1 is 1.14 bits per heavy atom. The van der Waals surface area contributed by atoms with E-state index in [4.69, 9.17) is 15.3 Å². The van der Waals surface area contributed by atoms with Crippen molar-refractivity contribution in [3.05, 3.63) is 29.8 Å². The van der Waals surface area contributed by atoms with Gasteiger partial charge in [-0.15, -0.1) is 0 Å². The third kappa shape index (κ3) is 4.79. The molecule has 0 saturated heterocycles. The molecule has 0 fully saturated rings. The van der Waals surface area contributed by atoms with Crippen LogP contribution in [0.3, 0.4) is 0 Å². The second kappa shape index (κ2) is 7.70. The fourth-order valence-corrected chi connectivity index (χ4v) is 0.799. The van der Waals surface area contributed by atoms with Crippen LogP contribution < -0.4 is 0 Å². The molecule has 1 atom stereocenters. The molecule has 6 heteroatoms. The van der Waals surface area contributed by atoms with Crippen LogP contribution in [0.4, 0.5) is 0 Å². The zero-order valence-electron chi connectivity index (χ0n) is 6.14. The van der Waals surface area contributed by atoms with E-state index in [2.05, 4.69) is 0 Å². The van der Waals surface area contributed by atoms with Crippen molar-refractivity contribution in [3.8, 4) is 5.75 Å². The Labute approximate surface area is 126 Å². The zero-order chi connectivity index (χ0) is 9.14. The number of carboxylic acids is 1. The monoisotopic (exact) mass is 216 g/mol. The van der Waals surface area contributed by atoms with Gasteiger partial charge < -0.3 is 15.3 Å². The van der Waals surface area contributed by atoms with E-state index in [1.807, 2.05) is 0 Å². The van der Waals surface area contributed by atoms with Crippen LogP contribution in [-0.2, 0) is 4.79 Å². The van der Waals surface area contributed by atoms with Crippen molar-refractivity contribution in [1.82, 2.24) is 0 Å². The number of hydrogen-bond acceptors (Lipinski definition) is 3. The Balaban J connectivity index is 0. The topological polar surface area (TPSA) is 77.8 Å². The standard InChI is InChI=1S/C8H8O4.2Na.2H/c9-6-3-1-5(2-4-6)7(10)8(11)12;;;;/h1-4,7,9-10H,(H,11,12);;;;/t7-;;;;/m1..../s1. The molecule has 0 amide bonds. The molecule has 0 unspecified atom stereocenters. The Kier molecular flexibility index (Phi) is 9.28. The van der Waals surface area contributed by atoms with Gasteiger partial charge >= 0.3 is 65.1 Å². The number of phenolic OH excluding ortho intramolecular Hbond substituents is 1. The molecule has 1 aromatic carbocycles. The third-order valence-electron chi connectivity index (χ3n) is 1.44. The van der Waals surface area contributed by atoms with Gasteiger partial charge in [0.25, 0.3) is 0 Å². The molecule has 0 aliphatic heterocycles. The van der Waals surface area contributed by atoms with Crippen molar-refractivity contribution in [3.63, 3.8) is 0 Å². The summed E-state index contributed by atoms with van der Waals surface area (Å²) in [5.74, 6) is -1.27. The van der Waals surface area contributed by atoms with E-state index >= 15 is 0 Å². The SMILES string of the molecule is O=C(O)[C@H](O)c1ccc(O)cc1.[NaH].[NaH]. The molecule has 0 aliphatic carbocycles. The van der Waals surface area contributed by atoms with Crippen LogP contribution >= 0.6 is 0 Å². The molecule has 1 rings (SSSR count). The van der Waals surface area contributed by atoms with E-state index in [0.717, 1.165) is 0 Å². The predicted molar refractivity (Wildman–Crippen MR) is 55.0 cm³/mol. The maximum atomic E-state index is 10.3. The quantitative estimate of drug-likeness (QED) is 0.566. The van der Waals surface area contributed by atoms with Crippen LogP contribution in [0.5, 0.6) is 5.75 Å². The van der Waals surface area contributed by atoms with Gasteiger partial charge in [-0.1, -0.05) is 12.1 Å². The number of aliphatic hydroxyl groups is 1. The number of aromatic hydroxyl groups is 1. The summed E-state index contributed by atoms with van der Waals surface area (Å²) < 4.78 is 0.